The molecule has 0 aliphatic rings. The summed E-state index contributed by atoms with van der Waals surface area (Å²) in [6.07, 6.45) is 0. The number of carbonyl (C=O) groups excluding carboxylic acids is 1. The molecule has 4 nitrogen and oxygen atoms in total. The fraction of sp³-hybridized carbons (Fsp3) is 0.263. The van der Waals surface area contributed by atoms with Crippen LogP contribution in [-0.2, 0) is 6.54 Å². The Morgan fingerprint density at radius 1 is 1.22 bits per heavy atom. The van der Waals surface area contributed by atoms with E-state index < -0.39 is 0 Å². The highest BCUT2D eigenvalue weighted by atomic mass is 16.5. The summed E-state index contributed by atoms with van der Waals surface area (Å²) in [5.41, 5.74) is 3.75. The number of imidazole rings is 1. The summed E-state index contributed by atoms with van der Waals surface area (Å²) in [6, 6.07) is 13.7. The van der Waals surface area contributed by atoms with Gasteiger partial charge < -0.3 is 9.30 Å². The van der Waals surface area contributed by atoms with Gasteiger partial charge in [-0.25, -0.2) is 4.98 Å². The average Bonchev–Trinajstić information content (AvgIpc) is 2.85. The fourth-order valence-electron chi connectivity index (χ4n) is 2.78. The van der Waals surface area contributed by atoms with Crippen molar-refractivity contribution in [1.82, 2.24) is 9.55 Å². The van der Waals surface area contributed by atoms with Gasteiger partial charge in [-0.3, -0.25) is 4.79 Å². The third kappa shape index (κ3) is 2.97. The Morgan fingerprint density at radius 2 is 2.00 bits per heavy atom. The Hall–Kier alpha value is -2.62. The van der Waals surface area contributed by atoms with Crippen LogP contribution in [0.15, 0.2) is 42.5 Å². The van der Waals surface area contributed by atoms with E-state index in [9.17, 15) is 4.79 Å². The zero-order valence-corrected chi connectivity index (χ0v) is 13.7. The van der Waals surface area contributed by atoms with Crippen molar-refractivity contribution in [3.63, 3.8) is 0 Å². The van der Waals surface area contributed by atoms with Gasteiger partial charge in [0.15, 0.2) is 5.78 Å². The average molecular weight is 308 g/mol. The monoisotopic (exact) mass is 308 g/mol. The van der Waals surface area contributed by atoms with Gasteiger partial charge in [0.25, 0.3) is 0 Å². The van der Waals surface area contributed by atoms with E-state index in [-0.39, 0.29) is 5.78 Å². The zero-order chi connectivity index (χ0) is 16.4. The van der Waals surface area contributed by atoms with Crippen LogP contribution in [0.25, 0.3) is 11.0 Å². The van der Waals surface area contributed by atoms with Crippen molar-refractivity contribution in [2.75, 3.05) is 6.61 Å². The molecule has 0 atom stereocenters. The second kappa shape index (κ2) is 6.24. The van der Waals surface area contributed by atoms with Crippen molar-refractivity contribution >= 4 is 16.8 Å². The number of aryl methyl sites for hydroxylation is 1. The molecule has 1 heterocycles. The number of para-hydroxylation sites is 2. The minimum atomic E-state index is 0.0570. The Kier molecular flexibility index (Phi) is 4.15. The van der Waals surface area contributed by atoms with Crippen molar-refractivity contribution < 1.29 is 9.53 Å². The van der Waals surface area contributed by atoms with Crippen LogP contribution in [0.2, 0.25) is 0 Å². The minimum Gasteiger partial charge on any atom is -0.494 e. The van der Waals surface area contributed by atoms with Gasteiger partial charge in [0.1, 0.15) is 11.6 Å². The van der Waals surface area contributed by atoms with Gasteiger partial charge in [0.05, 0.1) is 24.2 Å². The van der Waals surface area contributed by atoms with Crippen LogP contribution in [0.1, 0.15) is 35.6 Å². The molecule has 118 valence electrons. The molecule has 0 unspecified atom stereocenters. The summed E-state index contributed by atoms with van der Waals surface area (Å²) in [7, 11) is 0. The number of ether oxygens (including phenoxy) is 1. The number of carbonyl (C=O) groups is 1. The van der Waals surface area contributed by atoms with Crippen molar-refractivity contribution in [3.8, 4) is 5.75 Å². The lowest BCUT2D eigenvalue weighted by Gasteiger charge is -2.13. The van der Waals surface area contributed by atoms with Crippen molar-refractivity contribution in [2.45, 2.75) is 27.3 Å². The van der Waals surface area contributed by atoms with E-state index in [0.717, 1.165) is 28.2 Å². The maximum absolute atomic E-state index is 11.7. The van der Waals surface area contributed by atoms with Gasteiger partial charge in [-0.2, -0.15) is 0 Å². The van der Waals surface area contributed by atoms with Crippen LogP contribution in [0.3, 0.4) is 0 Å². The second-order valence-corrected chi connectivity index (χ2v) is 5.55. The van der Waals surface area contributed by atoms with Gasteiger partial charge in [-0.1, -0.05) is 12.1 Å². The summed E-state index contributed by atoms with van der Waals surface area (Å²) in [4.78, 5) is 16.3. The first-order chi connectivity index (χ1) is 11.1. The largest absolute Gasteiger partial charge is 0.494 e. The number of hydrogen-bond acceptors (Lipinski definition) is 3. The predicted octanol–water partition coefficient (Wildman–Crippen LogP) is 3.99. The molecule has 1 aromatic heterocycles. The van der Waals surface area contributed by atoms with E-state index in [2.05, 4.69) is 15.6 Å². The van der Waals surface area contributed by atoms with Crippen LogP contribution in [0, 0.1) is 6.92 Å². The number of benzene rings is 2. The maximum atomic E-state index is 11.7. The number of aromatic nitrogens is 2. The number of ketones is 1. The molecular formula is C19H20N2O2. The standard InChI is InChI=1S/C19H20N2O2/c1-4-23-19-10-9-15(13(2)22)11-16(19)12-21-14(3)20-17-7-5-6-8-18(17)21/h5-11H,4,12H2,1-3H3. The molecule has 0 aliphatic carbocycles. The maximum Gasteiger partial charge on any atom is 0.159 e. The number of fused-ring (bicyclic) bond motifs is 1. The number of rotatable bonds is 5. The van der Waals surface area contributed by atoms with Crippen LogP contribution < -0.4 is 4.74 Å². The first-order valence-electron chi connectivity index (χ1n) is 7.78. The number of Topliss-reactive ketones (excluding diaryl/α,β-unsaturated/α-hetero) is 1. The normalized spacial score (nSPS) is 10.9. The number of nitrogens with zero attached hydrogens (tertiary/aromatic N) is 2. The number of hydrogen-bond donors (Lipinski definition) is 0. The molecule has 4 heteroatoms. The van der Waals surface area contributed by atoms with Crippen molar-refractivity contribution in [3.05, 3.63) is 59.4 Å². The Bertz CT molecular complexity index is 865. The molecule has 0 amide bonds. The minimum absolute atomic E-state index is 0.0570. The van der Waals surface area contributed by atoms with Gasteiger partial charge >= 0.3 is 0 Å². The summed E-state index contributed by atoms with van der Waals surface area (Å²) >= 11 is 0. The summed E-state index contributed by atoms with van der Waals surface area (Å²) < 4.78 is 7.88. The lowest BCUT2D eigenvalue weighted by molar-refractivity contribution is 0.101. The lowest BCUT2D eigenvalue weighted by atomic mass is 10.1. The summed E-state index contributed by atoms with van der Waals surface area (Å²) in [6.45, 7) is 6.76. The van der Waals surface area contributed by atoms with E-state index in [1.54, 1.807) is 6.92 Å². The molecule has 0 fully saturated rings. The molecule has 23 heavy (non-hydrogen) atoms. The molecule has 3 aromatic rings. The first-order valence-corrected chi connectivity index (χ1v) is 7.78. The third-order valence-corrected chi connectivity index (χ3v) is 3.94. The van der Waals surface area contributed by atoms with E-state index in [1.807, 2.05) is 50.2 Å². The first kappa shape index (κ1) is 15.3. The SMILES string of the molecule is CCOc1ccc(C(C)=O)cc1Cn1c(C)nc2ccccc21. The second-order valence-electron chi connectivity index (χ2n) is 5.55. The summed E-state index contributed by atoms with van der Waals surface area (Å²) in [5.74, 6) is 1.82. The summed E-state index contributed by atoms with van der Waals surface area (Å²) in [5, 5.41) is 0. The Morgan fingerprint density at radius 3 is 2.74 bits per heavy atom. The lowest BCUT2D eigenvalue weighted by Crippen LogP contribution is -2.06. The quantitative estimate of drug-likeness (QED) is 0.669. The fourth-order valence-corrected chi connectivity index (χ4v) is 2.78. The molecule has 3 rings (SSSR count). The molecular weight excluding hydrogens is 288 g/mol. The third-order valence-electron chi connectivity index (χ3n) is 3.94. The van der Waals surface area contributed by atoms with E-state index in [0.29, 0.717) is 18.7 Å². The van der Waals surface area contributed by atoms with E-state index in [1.165, 1.54) is 0 Å². The van der Waals surface area contributed by atoms with Crippen molar-refractivity contribution in [1.29, 1.82) is 0 Å². The molecule has 0 saturated carbocycles. The van der Waals surface area contributed by atoms with E-state index in [4.69, 9.17) is 4.74 Å². The van der Waals surface area contributed by atoms with Crippen LogP contribution in [0.5, 0.6) is 5.75 Å². The van der Waals surface area contributed by atoms with E-state index >= 15 is 0 Å². The van der Waals surface area contributed by atoms with Crippen LogP contribution in [0.4, 0.5) is 0 Å². The smallest absolute Gasteiger partial charge is 0.159 e. The predicted molar refractivity (Wildman–Crippen MR) is 91.2 cm³/mol. The van der Waals surface area contributed by atoms with Crippen LogP contribution in [-0.4, -0.2) is 21.9 Å². The topological polar surface area (TPSA) is 44.1 Å². The van der Waals surface area contributed by atoms with Gasteiger partial charge in [-0.15, -0.1) is 0 Å². The zero-order valence-electron chi connectivity index (χ0n) is 13.7. The molecule has 0 radical (unpaired) electrons. The molecule has 0 bridgehead atoms. The van der Waals surface area contributed by atoms with Crippen LogP contribution >= 0.6 is 0 Å². The van der Waals surface area contributed by atoms with Gasteiger partial charge in [0, 0.05) is 11.1 Å². The van der Waals surface area contributed by atoms with Gasteiger partial charge in [0.2, 0.25) is 0 Å². The molecule has 0 N–H and O–H groups in total. The molecule has 0 aliphatic heterocycles. The van der Waals surface area contributed by atoms with Gasteiger partial charge in [-0.05, 0) is 51.1 Å². The Balaban J connectivity index is 2.08. The molecule has 0 saturated heterocycles. The molecule has 2 aromatic carbocycles. The Labute approximate surface area is 135 Å². The highest BCUT2D eigenvalue weighted by Crippen LogP contribution is 2.25. The molecule has 0 spiro atoms. The highest BCUT2D eigenvalue weighted by Gasteiger charge is 2.12. The highest BCUT2D eigenvalue weighted by molar-refractivity contribution is 5.94. The van der Waals surface area contributed by atoms with Crippen molar-refractivity contribution in [2.24, 2.45) is 0 Å².